The maximum atomic E-state index is 12.8. The summed E-state index contributed by atoms with van der Waals surface area (Å²) in [6.45, 7) is 4.17. The van der Waals surface area contributed by atoms with Crippen LogP contribution in [0.3, 0.4) is 0 Å². The fourth-order valence-corrected chi connectivity index (χ4v) is 2.58. The molecule has 0 spiro atoms. The van der Waals surface area contributed by atoms with Crippen molar-refractivity contribution in [1.82, 2.24) is 9.97 Å². The minimum atomic E-state index is -2.51. The van der Waals surface area contributed by atoms with E-state index >= 15 is 0 Å². The highest BCUT2D eigenvalue weighted by molar-refractivity contribution is 14.1. The molecule has 0 radical (unpaired) electrons. The van der Waals surface area contributed by atoms with Crippen molar-refractivity contribution < 1.29 is 8.78 Å². The number of halogens is 4. The molecule has 0 N–H and O–H groups in total. The molecule has 0 aliphatic carbocycles. The molecular formula is C15H14ClF2IN2. The fourth-order valence-electron chi connectivity index (χ4n) is 1.93. The summed E-state index contributed by atoms with van der Waals surface area (Å²) in [6.07, 6.45) is -1.75. The third-order valence-corrected chi connectivity index (χ3v) is 4.60. The van der Waals surface area contributed by atoms with Gasteiger partial charge >= 0.3 is 0 Å². The van der Waals surface area contributed by atoms with Gasteiger partial charge in [0, 0.05) is 11.1 Å². The Bertz CT molecular complexity index is 648. The zero-order valence-corrected chi connectivity index (χ0v) is 14.5. The number of aromatic nitrogens is 2. The SMILES string of the molecule is CC(C)Cc1nc(-c2cccc(C(F)F)c2)nc(Cl)c1I. The smallest absolute Gasteiger partial charge is 0.232 e. The molecule has 0 amide bonds. The molecule has 1 aromatic heterocycles. The molecule has 2 nitrogen and oxygen atoms in total. The lowest BCUT2D eigenvalue weighted by atomic mass is 10.1. The zero-order valence-electron chi connectivity index (χ0n) is 11.6. The number of benzene rings is 1. The summed E-state index contributed by atoms with van der Waals surface area (Å²) in [4.78, 5) is 8.71. The van der Waals surface area contributed by atoms with E-state index in [1.165, 1.54) is 12.1 Å². The van der Waals surface area contributed by atoms with Crippen molar-refractivity contribution >= 4 is 34.2 Å². The quantitative estimate of drug-likeness (QED) is 0.478. The van der Waals surface area contributed by atoms with E-state index in [4.69, 9.17) is 11.6 Å². The highest BCUT2D eigenvalue weighted by Crippen LogP contribution is 2.28. The normalized spacial score (nSPS) is 11.4. The molecule has 0 saturated heterocycles. The molecule has 0 bridgehead atoms. The first-order chi connectivity index (χ1) is 9.88. The van der Waals surface area contributed by atoms with Crippen LogP contribution in [0, 0.1) is 9.49 Å². The van der Waals surface area contributed by atoms with E-state index in [9.17, 15) is 8.78 Å². The van der Waals surface area contributed by atoms with Crippen LogP contribution in [-0.2, 0) is 6.42 Å². The maximum absolute atomic E-state index is 12.8. The Morgan fingerprint density at radius 2 is 1.95 bits per heavy atom. The van der Waals surface area contributed by atoms with Crippen LogP contribution >= 0.6 is 34.2 Å². The van der Waals surface area contributed by atoms with Crippen molar-refractivity contribution in [3.05, 3.63) is 44.2 Å². The second-order valence-electron chi connectivity index (χ2n) is 5.12. The van der Waals surface area contributed by atoms with Crippen molar-refractivity contribution in [2.75, 3.05) is 0 Å². The third-order valence-electron chi connectivity index (χ3n) is 2.88. The van der Waals surface area contributed by atoms with E-state index in [0.29, 0.717) is 22.5 Å². The second kappa shape index (κ2) is 6.96. The first kappa shape index (κ1) is 16.5. The van der Waals surface area contributed by atoms with E-state index in [-0.39, 0.29) is 5.56 Å². The molecule has 2 rings (SSSR count). The Kier molecular flexibility index (Phi) is 5.48. The van der Waals surface area contributed by atoms with Gasteiger partial charge in [-0.1, -0.05) is 43.6 Å². The van der Waals surface area contributed by atoms with E-state index in [2.05, 4.69) is 46.4 Å². The van der Waals surface area contributed by atoms with Gasteiger partial charge in [-0.2, -0.15) is 0 Å². The minimum absolute atomic E-state index is 0.0452. The number of hydrogen-bond donors (Lipinski definition) is 0. The molecule has 0 unspecified atom stereocenters. The predicted octanol–water partition coefficient (Wildman–Crippen LogP) is 5.54. The van der Waals surface area contributed by atoms with Gasteiger partial charge in [0.15, 0.2) is 5.82 Å². The van der Waals surface area contributed by atoms with Crippen LogP contribution in [0.1, 0.15) is 31.5 Å². The summed E-state index contributed by atoms with van der Waals surface area (Å²) < 4.78 is 26.4. The molecule has 0 saturated carbocycles. The molecular weight excluding hydrogens is 409 g/mol. The van der Waals surface area contributed by atoms with Gasteiger partial charge in [-0.05, 0) is 41.0 Å². The van der Waals surface area contributed by atoms with Gasteiger partial charge in [0.05, 0.1) is 9.26 Å². The topological polar surface area (TPSA) is 25.8 Å². The molecule has 0 atom stereocenters. The number of rotatable bonds is 4. The van der Waals surface area contributed by atoms with E-state index < -0.39 is 6.43 Å². The number of alkyl halides is 2. The molecule has 112 valence electrons. The highest BCUT2D eigenvalue weighted by atomic mass is 127. The van der Waals surface area contributed by atoms with Gasteiger partial charge in [-0.25, -0.2) is 18.7 Å². The lowest BCUT2D eigenvalue weighted by Gasteiger charge is -2.11. The van der Waals surface area contributed by atoms with Crippen molar-refractivity contribution in [2.24, 2.45) is 5.92 Å². The van der Waals surface area contributed by atoms with E-state index in [1.807, 2.05) is 0 Å². The molecule has 0 aliphatic heterocycles. The van der Waals surface area contributed by atoms with Crippen molar-refractivity contribution in [3.63, 3.8) is 0 Å². The van der Waals surface area contributed by atoms with Gasteiger partial charge in [-0.3, -0.25) is 0 Å². The Labute approximate surface area is 141 Å². The summed E-state index contributed by atoms with van der Waals surface area (Å²) >= 11 is 8.26. The van der Waals surface area contributed by atoms with Gasteiger partial charge in [0.2, 0.25) is 0 Å². The average molecular weight is 423 g/mol. The van der Waals surface area contributed by atoms with Crippen LogP contribution < -0.4 is 0 Å². The van der Waals surface area contributed by atoms with Crippen molar-refractivity contribution in [2.45, 2.75) is 26.7 Å². The minimum Gasteiger partial charge on any atom is -0.232 e. The molecule has 2 aromatic rings. The molecule has 1 aromatic carbocycles. The molecule has 0 aliphatic rings. The van der Waals surface area contributed by atoms with Gasteiger partial charge in [0.1, 0.15) is 5.15 Å². The molecule has 6 heteroatoms. The van der Waals surface area contributed by atoms with Crippen LogP contribution in [0.2, 0.25) is 5.15 Å². The van der Waals surface area contributed by atoms with E-state index in [0.717, 1.165) is 15.7 Å². The Morgan fingerprint density at radius 1 is 1.24 bits per heavy atom. The van der Waals surface area contributed by atoms with Crippen molar-refractivity contribution in [3.8, 4) is 11.4 Å². The van der Waals surface area contributed by atoms with Crippen LogP contribution in [0.5, 0.6) is 0 Å². The Balaban J connectivity index is 2.49. The molecule has 1 heterocycles. The van der Waals surface area contributed by atoms with Gasteiger partial charge in [0.25, 0.3) is 6.43 Å². The third kappa shape index (κ3) is 4.10. The Morgan fingerprint density at radius 3 is 2.57 bits per heavy atom. The maximum Gasteiger partial charge on any atom is 0.263 e. The summed E-state index contributed by atoms with van der Waals surface area (Å²) in [5.74, 6) is 0.809. The molecule has 0 fully saturated rings. The number of hydrogen-bond acceptors (Lipinski definition) is 2. The van der Waals surface area contributed by atoms with Crippen LogP contribution in [0.25, 0.3) is 11.4 Å². The fraction of sp³-hybridized carbons (Fsp3) is 0.333. The number of nitrogens with zero attached hydrogens (tertiary/aromatic N) is 2. The van der Waals surface area contributed by atoms with Crippen LogP contribution in [0.4, 0.5) is 8.78 Å². The first-order valence-electron chi connectivity index (χ1n) is 6.49. The van der Waals surface area contributed by atoms with Crippen LogP contribution in [-0.4, -0.2) is 9.97 Å². The standard InChI is InChI=1S/C15H14ClF2IN2/c1-8(2)6-11-12(19)13(16)21-15(20-11)10-5-3-4-9(7-10)14(17)18/h3-5,7-8,14H,6H2,1-2H3. The lowest BCUT2D eigenvalue weighted by molar-refractivity contribution is 0.151. The monoisotopic (exact) mass is 422 g/mol. The van der Waals surface area contributed by atoms with Crippen LogP contribution in [0.15, 0.2) is 24.3 Å². The lowest BCUT2D eigenvalue weighted by Crippen LogP contribution is -2.04. The first-order valence-corrected chi connectivity index (χ1v) is 7.94. The summed E-state index contributed by atoms with van der Waals surface area (Å²) in [5, 5.41) is 0.360. The van der Waals surface area contributed by atoms with Crippen molar-refractivity contribution in [1.29, 1.82) is 0 Å². The summed E-state index contributed by atoms with van der Waals surface area (Å²) in [5.41, 5.74) is 1.36. The average Bonchev–Trinajstić information content (AvgIpc) is 2.43. The van der Waals surface area contributed by atoms with Gasteiger partial charge < -0.3 is 0 Å². The second-order valence-corrected chi connectivity index (χ2v) is 6.56. The summed E-state index contributed by atoms with van der Waals surface area (Å²) in [6, 6.07) is 6.08. The highest BCUT2D eigenvalue weighted by Gasteiger charge is 2.15. The van der Waals surface area contributed by atoms with E-state index in [1.54, 1.807) is 12.1 Å². The summed E-state index contributed by atoms with van der Waals surface area (Å²) in [7, 11) is 0. The molecule has 21 heavy (non-hydrogen) atoms. The zero-order chi connectivity index (χ0) is 15.6. The largest absolute Gasteiger partial charge is 0.263 e. The van der Waals surface area contributed by atoms with Gasteiger partial charge in [-0.15, -0.1) is 0 Å². The Hall–Kier alpha value is -0.820. The predicted molar refractivity (Wildman–Crippen MR) is 88.7 cm³/mol.